The Kier molecular flexibility index (Phi) is 6.79. The van der Waals surface area contributed by atoms with Crippen molar-refractivity contribution in [3.8, 4) is 0 Å². The topological polar surface area (TPSA) is 47.3 Å². The maximum absolute atomic E-state index is 13.1. The SMILES string of the molecule is NNC(CCCC1CCCO1)CSc1cccc(F)c1. The van der Waals surface area contributed by atoms with Crippen molar-refractivity contribution in [1.29, 1.82) is 0 Å². The van der Waals surface area contributed by atoms with E-state index in [0.29, 0.717) is 6.10 Å². The lowest BCUT2D eigenvalue weighted by atomic mass is 10.1. The summed E-state index contributed by atoms with van der Waals surface area (Å²) < 4.78 is 18.7. The summed E-state index contributed by atoms with van der Waals surface area (Å²) in [5, 5.41) is 0. The normalized spacial score (nSPS) is 20.2. The fourth-order valence-electron chi connectivity index (χ4n) is 2.43. The van der Waals surface area contributed by atoms with Gasteiger partial charge in [0.2, 0.25) is 0 Å². The largest absolute Gasteiger partial charge is 0.378 e. The first-order valence-corrected chi connectivity index (χ1v) is 8.22. The van der Waals surface area contributed by atoms with Gasteiger partial charge in [-0.15, -0.1) is 11.8 Å². The number of hydrogen-bond donors (Lipinski definition) is 2. The van der Waals surface area contributed by atoms with E-state index in [1.165, 1.54) is 18.9 Å². The number of halogens is 1. The minimum atomic E-state index is -0.189. The second-order valence-corrected chi connectivity index (χ2v) is 6.29. The number of hydrogen-bond acceptors (Lipinski definition) is 4. The average molecular weight is 298 g/mol. The first kappa shape index (κ1) is 15.8. The van der Waals surface area contributed by atoms with Crippen LogP contribution in [-0.2, 0) is 4.74 Å². The molecule has 2 rings (SSSR count). The van der Waals surface area contributed by atoms with Gasteiger partial charge in [0, 0.05) is 23.3 Å². The molecule has 112 valence electrons. The molecule has 1 heterocycles. The van der Waals surface area contributed by atoms with Crippen LogP contribution in [0.3, 0.4) is 0 Å². The molecule has 0 saturated carbocycles. The number of rotatable bonds is 8. The zero-order valence-electron chi connectivity index (χ0n) is 11.7. The number of nitrogens with one attached hydrogen (secondary N) is 1. The Hall–Kier alpha value is -0.620. The van der Waals surface area contributed by atoms with Crippen molar-refractivity contribution in [2.45, 2.75) is 49.1 Å². The Labute approximate surface area is 124 Å². The van der Waals surface area contributed by atoms with Crippen molar-refractivity contribution in [3.63, 3.8) is 0 Å². The maximum atomic E-state index is 13.1. The van der Waals surface area contributed by atoms with Crippen LogP contribution in [0.4, 0.5) is 4.39 Å². The van der Waals surface area contributed by atoms with Crippen LogP contribution in [-0.4, -0.2) is 24.5 Å². The van der Waals surface area contributed by atoms with Gasteiger partial charge in [-0.05, 0) is 50.3 Å². The van der Waals surface area contributed by atoms with Gasteiger partial charge in [0.05, 0.1) is 6.10 Å². The minimum absolute atomic E-state index is 0.189. The quantitative estimate of drug-likeness (QED) is 0.440. The third-order valence-electron chi connectivity index (χ3n) is 3.59. The first-order chi connectivity index (χ1) is 9.78. The Morgan fingerprint density at radius 1 is 1.50 bits per heavy atom. The van der Waals surface area contributed by atoms with Crippen LogP contribution in [0.25, 0.3) is 0 Å². The lowest BCUT2D eigenvalue weighted by molar-refractivity contribution is 0.101. The third-order valence-corrected chi connectivity index (χ3v) is 4.74. The number of ether oxygens (including phenoxy) is 1. The highest BCUT2D eigenvalue weighted by molar-refractivity contribution is 7.99. The zero-order valence-corrected chi connectivity index (χ0v) is 12.5. The molecule has 0 spiro atoms. The van der Waals surface area contributed by atoms with Crippen molar-refractivity contribution in [1.82, 2.24) is 5.43 Å². The number of thioether (sulfide) groups is 1. The summed E-state index contributed by atoms with van der Waals surface area (Å²) in [5.41, 5.74) is 2.86. The molecule has 1 aromatic rings. The van der Waals surface area contributed by atoms with Crippen molar-refractivity contribution in [2.75, 3.05) is 12.4 Å². The Bertz CT molecular complexity index is 399. The van der Waals surface area contributed by atoms with Crippen molar-refractivity contribution in [3.05, 3.63) is 30.1 Å². The predicted molar refractivity (Wildman–Crippen MR) is 81.1 cm³/mol. The van der Waals surface area contributed by atoms with E-state index < -0.39 is 0 Å². The standard InChI is InChI=1S/C15H23FN2OS/c16-12-4-1-8-15(10-12)20-11-13(18-17)5-2-6-14-7-3-9-19-14/h1,4,8,10,13-14,18H,2-3,5-7,9,11,17H2. The van der Waals surface area contributed by atoms with E-state index >= 15 is 0 Å². The summed E-state index contributed by atoms with van der Waals surface area (Å²) in [6.45, 7) is 0.915. The summed E-state index contributed by atoms with van der Waals surface area (Å²) >= 11 is 1.64. The average Bonchev–Trinajstić information content (AvgIpc) is 2.96. The fourth-order valence-corrected chi connectivity index (χ4v) is 3.46. The highest BCUT2D eigenvalue weighted by Crippen LogP contribution is 2.22. The molecule has 5 heteroatoms. The minimum Gasteiger partial charge on any atom is -0.378 e. The van der Waals surface area contributed by atoms with Crippen molar-refractivity contribution < 1.29 is 9.13 Å². The van der Waals surface area contributed by atoms with Crippen molar-refractivity contribution in [2.24, 2.45) is 5.84 Å². The summed E-state index contributed by atoms with van der Waals surface area (Å²) in [5.74, 6) is 6.26. The lowest BCUT2D eigenvalue weighted by Crippen LogP contribution is -2.37. The molecule has 0 bridgehead atoms. The van der Waals surface area contributed by atoms with Crippen LogP contribution in [0, 0.1) is 5.82 Å². The zero-order chi connectivity index (χ0) is 14.2. The van der Waals surface area contributed by atoms with E-state index in [0.717, 1.165) is 36.5 Å². The van der Waals surface area contributed by atoms with Gasteiger partial charge in [-0.3, -0.25) is 11.3 Å². The van der Waals surface area contributed by atoms with Crippen molar-refractivity contribution >= 4 is 11.8 Å². The van der Waals surface area contributed by atoms with Gasteiger partial charge in [-0.25, -0.2) is 4.39 Å². The maximum Gasteiger partial charge on any atom is 0.124 e. The van der Waals surface area contributed by atoms with Gasteiger partial charge in [0.1, 0.15) is 5.82 Å². The summed E-state index contributed by atoms with van der Waals surface area (Å²) in [4.78, 5) is 0.948. The van der Waals surface area contributed by atoms with Crippen LogP contribution in [0.5, 0.6) is 0 Å². The number of hydrazine groups is 1. The molecule has 2 atom stereocenters. The summed E-state index contributed by atoms with van der Waals surface area (Å²) in [6, 6.07) is 6.94. The van der Waals surface area contributed by atoms with Crippen LogP contribution < -0.4 is 11.3 Å². The molecule has 1 aromatic carbocycles. The molecule has 1 aliphatic rings. The van der Waals surface area contributed by atoms with E-state index in [-0.39, 0.29) is 11.9 Å². The van der Waals surface area contributed by atoms with Gasteiger partial charge in [-0.1, -0.05) is 6.07 Å². The van der Waals surface area contributed by atoms with Crippen LogP contribution in [0.2, 0.25) is 0 Å². The molecule has 0 radical (unpaired) electrons. The van der Waals surface area contributed by atoms with Gasteiger partial charge < -0.3 is 4.74 Å². The van der Waals surface area contributed by atoms with Gasteiger partial charge in [-0.2, -0.15) is 0 Å². The smallest absolute Gasteiger partial charge is 0.124 e. The van der Waals surface area contributed by atoms with E-state index in [9.17, 15) is 4.39 Å². The fraction of sp³-hybridized carbons (Fsp3) is 0.600. The Morgan fingerprint density at radius 2 is 2.40 bits per heavy atom. The summed E-state index contributed by atoms with van der Waals surface area (Å²) in [6.07, 6.45) is 6.09. The Morgan fingerprint density at radius 3 is 3.10 bits per heavy atom. The van der Waals surface area contributed by atoms with Crippen LogP contribution >= 0.6 is 11.8 Å². The van der Waals surface area contributed by atoms with Crippen LogP contribution in [0.1, 0.15) is 32.1 Å². The first-order valence-electron chi connectivity index (χ1n) is 7.24. The van der Waals surface area contributed by atoms with E-state index in [1.807, 2.05) is 6.07 Å². The molecule has 20 heavy (non-hydrogen) atoms. The second kappa shape index (κ2) is 8.62. The van der Waals surface area contributed by atoms with Crippen LogP contribution in [0.15, 0.2) is 29.2 Å². The molecule has 1 fully saturated rings. The highest BCUT2D eigenvalue weighted by Gasteiger charge is 2.16. The second-order valence-electron chi connectivity index (χ2n) is 5.20. The summed E-state index contributed by atoms with van der Waals surface area (Å²) in [7, 11) is 0. The molecule has 1 aliphatic heterocycles. The molecular formula is C15H23FN2OS. The molecule has 1 saturated heterocycles. The molecule has 2 unspecified atom stereocenters. The number of nitrogens with two attached hydrogens (primary N) is 1. The third kappa shape index (κ3) is 5.40. The molecule has 3 N–H and O–H groups in total. The van der Waals surface area contributed by atoms with E-state index in [4.69, 9.17) is 10.6 Å². The molecule has 3 nitrogen and oxygen atoms in total. The predicted octanol–water partition coefficient (Wildman–Crippen LogP) is 3.10. The lowest BCUT2D eigenvalue weighted by Gasteiger charge is -2.16. The van der Waals surface area contributed by atoms with Gasteiger partial charge in [0.25, 0.3) is 0 Å². The molecule has 0 aromatic heterocycles. The van der Waals surface area contributed by atoms with E-state index in [1.54, 1.807) is 23.9 Å². The number of benzene rings is 1. The molecule has 0 amide bonds. The highest BCUT2D eigenvalue weighted by atomic mass is 32.2. The molecule has 0 aliphatic carbocycles. The monoisotopic (exact) mass is 298 g/mol. The van der Waals surface area contributed by atoms with E-state index in [2.05, 4.69) is 5.43 Å². The van der Waals surface area contributed by atoms with Gasteiger partial charge >= 0.3 is 0 Å². The van der Waals surface area contributed by atoms with Gasteiger partial charge in [0.15, 0.2) is 0 Å². The Balaban J connectivity index is 1.66. The molecular weight excluding hydrogens is 275 g/mol.